The first-order valence-corrected chi connectivity index (χ1v) is 9.52. The second kappa shape index (κ2) is 7.79. The molecule has 2 N–H and O–H groups in total. The van der Waals surface area contributed by atoms with Gasteiger partial charge in [0.25, 0.3) is 11.8 Å². The number of rotatable bonds is 5. The summed E-state index contributed by atoms with van der Waals surface area (Å²) < 4.78 is 1.52. The first-order chi connectivity index (χ1) is 14.4. The molecule has 0 saturated heterocycles. The number of hydrogen-bond acceptors (Lipinski definition) is 4. The Labute approximate surface area is 173 Å². The van der Waals surface area contributed by atoms with Crippen LogP contribution in [0, 0.1) is 0 Å². The van der Waals surface area contributed by atoms with Crippen LogP contribution in [0.4, 0.5) is 11.4 Å². The molecule has 0 spiro atoms. The second-order valence-corrected chi connectivity index (χ2v) is 7.40. The molecule has 4 aromatic rings. The zero-order valence-corrected chi connectivity index (χ0v) is 16.7. The van der Waals surface area contributed by atoms with Gasteiger partial charge in [-0.25, -0.2) is 4.98 Å². The Morgan fingerprint density at radius 1 is 0.867 bits per heavy atom. The lowest BCUT2D eigenvalue weighted by Crippen LogP contribution is -2.40. The van der Waals surface area contributed by atoms with Crippen molar-refractivity contribution >= 4 is 34.1 Å². The first kappa shape index (κ1) is 19.3. The lowest BCUT2D eigenvalue weighted by Gasteiger charge is -2.24. The van der Waals surface area contributed by atoms with Crippen LogP contribution in [0.1, 0.15) is 24.3 Å². The van der Waals surface area contributed by atoms with Crippen LogP contribution in [0.15, 0.2) is 79.1 Å². The Morgan fingerprint density at radius 3 is 2.40 bits per heavy atom. The molecule has 30 heavy (non-hydrogen) atoms. The Morgan fingerprint density at radius 2 is 1.60 bits per heavy atom. The minimum atomic E-state index is -0.958. The fourth-order valence-corrected chi connectivity index (χ4v) is 2.99. The molecule has 0 saturated carbocycles. The molecular weight excluding hydrogens is 378 g/mol. The lowest BCUT2D eigenvalue weighted by atomic mass is 10.0. The minimum absolute atomic E-state index is 0.217. The summed E-state index contributed by atoms with van der Waals surface area (Å²) in [5.74, 6) is -0.558. The summed E-state index contributed by atoms with van der Waals surface area (Å²) in [5, 5.41) is 10.9. The molecule has 2 heterocycles. The van der Waals surface area contributed by atoms with Gasteiger partial charge in [-0.2, -0.15) is 5.10 Å². The van der Waals surface area contributed by atoms with E-state index in [9.17, 15) is 9.59 Å². The van der Waals surface area contributed by atoms with Crippen molar-refractivity contribution in [3.63, 3.8) is 0 Å². The van der Waals surface area contributed by atoms with Gasteiger partial charge in [0.1, 0.15) is 11.2 Å². The molecular formula is C23H21N5O2. The smallest absolute Gasteiger partial charge is 0.274 e. The summed E-state index contributed by atoms with van der Waals surface area (Å²) in [4.78, 5) is 29.7. The maximum absolute atomic E-state index is 12.7. The second-order valence-electron chi connectivity index (χ2n) is 7.40. The van der Waals surface area contributed by atoms with E-state index in [1.807, 2.05) is 60.7 Å². The number of fused-ring (bicyclic) bond motifs is 1. The van der Waals surface area contributed by atoms with E-state index in [0.29, 0.717) is 17.1 Å². The van der Waals surface area contributed by atoms with Gasteiger partial charge in [0, 0.05) is 17.3 Å². The molecule has 2 aromatic heterocycles. The van der Waals surface area contributed by atoms with Crippen LogP contribution >= 0.6 is 0 Å². The zero-order valence-electron chi connectivity index (χ0n) is 16.7. The number of benzene rings is 2. The number of nitrogens with one attached hydrogen (secondary N) is 2. The van der Waals surface area contributed by atoms with E-state index < -0.39 is 5.54 Å². The maximum atomic E-state index is 12.7. The topological polar surface area (TPSA) is 88.9 Å². The van der Waals surface area contributed by atoms with Gasteiger partial charge in [0.05, 0.1) is 17.4 Å². The molecule has 0 aliphatic carbocycles. The van der Waals surface area contributed by atoms with E-state index in [1.54, 1.807) is 26.1 Å². The molecule has 0 aliphatic heterocycles. The summed E-state index contributed by atoms with van der Waals surface area (Å²) in [7, 11) is 0. The lowest BCUT2D eigenvalue weighted by molar-refractivity contribution is -0.123. The Hall–Kier alpha value is -4.00. The van der Waals surface area contributed by atoms with Crippen molar-refractivity contribution < 1.29 is 9.59 Å². The van der Waals surface area contributed by atoms with Crippen LogP contribution in [-0.4, -0.2) is 26.6 Å². The highest BCUT2D eigenvalue weighted by molar-refractivity contribution is 6.04. The van der Waals surface area contributed by atoms with Gasteiger partial charge in [0.2, 0.25) is 0 Å². The van der Waals surface area contributed by atoms with E-state index >= 15 is 0 Å². The van der Waals surface area contributed by atoms with Gasteiger partial charge in [-0.05, 0) is 38.1 Å². The predicted molar refractivity (Wildman–Crippen MR) is 116 cm³/mol. The van der Waals surface area contributed by atoms with Gasteiger partial charge in [-0.15, -0.1) is 0 Å². The monoisotopic (exact) mass is 399 g/mol. The SMILES string of the molecule is CC(C)(C(=O)Nc1ccccc1)n1cc(NC(=O)c2ccc3ccccc3n2)cn1. The largest absolute Gasteiger partial charge is 0.324 e. The van der Waals surface area contributed by atoms with E-state index in [2.05, 4.69) is 20.7 Å². The van der Waals surface area contributed by atoms with Crippen LogP contribution in [0.25, 0.3) is 10.9 Å². The van der Waals surface area contributed by atoms with Crippen LogP contribution in [0.2, 0.25) is 0 Å². The van der Waals surface area contributed by atoms with Crippen LogP contribution in [0.5, 0.6) is 0 Å². The number of nitrogens with zero attached hydrogens (tertiary/aromatic N) is 3. The molecule has 7 heteroatoms. The summed E-state index contributed by atoms with van der Waals surface area (Å²) in [6, 6.07) is 20.4. The first-order valence-electron chi connectivity index (χ1n) is 9.52. The predicted octanol–water partition coefficient (Wildman–Crippen LogP) is 4.06. The van der Waals surface area contributed by atoms with Crippen molar-refractivity contribution in [3.05, 3.63) is 84.8 Å². The van der Waals surface area contributed by atoms with Crippen molar-refractivity contribution in [1.29, 1.82) is 0 Å². The highest BCUT2D eigenvalue weighted by Crippen LogP contribution is 2.20. The van der Waals surface area contributed by atoms with Gasteiger partial charge in [0.15, 0.2) is 0 Å². The number of pyridine rings is 1. The number of anilines is 2. The van der Waals surface area contributed by atoms with Gasteiger partial charge in [-0.1, -0.05) is 42.5 Å². The Kier molecular flexibility index (Phi) is 5.02. The third-order valence-corrected chi connectivity index (χ3v) is 4.83. The van der Waals surface area contributed by atoms with E-state index in [1.165, 1.54) is 10.9 Å². The van der Waals surface area contributed by atoms with E-state index in [0.717, 1.165) is 10.9 Å². The number of para-hydroxylation sites is 2. The van der Waals surface area contributed by atoms with Gasteiger partial charge in [-0.3, -0.25) is 14.3 Å². The van der Waals surface area contributed by atoms with Crippen LogP contribution < -0.4 is 10.6 Å². The summed E-state index contributed by atoms with van der Waals surface area (Å²) >= 11 is 0. The number of aromatic nitrogens is 3. The zero-order chi connectivity index (χ0) is 21.1. The Balaban J connectivity index is 1.48. The number of carbonyl (C=O) groups is 2. The van der Waals surface area contributed by atoms with Gasteiger partial charge >= 0.3 is 0 Å². The third kappa shape index (κ3) is 3.91. The van der Waals surface area contributed by atoms with E-state index in [-0.39, 0.29) is 11.8 Å². The molecule has 0 aliphatic rings. The highest BCUT2D eigenvalue weighted by Gasteiger charge is 2.31. The third-order valence-electron chi connectivity index (χ3n) is 4.83. The van der Waals surface area contributed by atoms with Crippen molar-refractivity contribution in [1.82, 2.24) is 14.8 Å². The summed E-state index contributed by atoms with van der Waals surface area (Å²) in [6.45, 7) is 3.52. The number of amides is 2. The van der Waals surface area contributed by atoms with Crippen molar-refractivity contribution in [3.8, 4) is 0 Å². The Bertz CT molecular complexity index is 1210. The average Bonchev–Trinajstić information content (AvgIpc) is 3.23. The van der Waals surface area contributed by atoms with Crippen LogP contribution in [0.3, 0.4) is 0 Å². The van der Waals surface area contributed by atoms with Crippen molar-refractivity contribution in [2.45, 2.75) is 19.4 Å². The molecule has 0 unspecified atom stereocenters. The van der Waals surface area contributed by atoms with Gasteiger partial charge < -0.3 is 10.6 Å². The molecule has 0 atom stereocenters. The molecule has 0 radical (unpaired) electrons. The molecule has 7 nitrogen and oxygen atoms in total. The summed E-state index contributed by atoms with van der Waals surface area (Å²) in [6.07, 6.45) is 3.14. The van der Waals surface area contributed by atoms with Crippen LogP contribution in [-0.2, 0) is 10.3 Å². The molecule has 2 aromatic carbocycles. The molecule has 150 valence electrons. The fraction of sp³-hybridized carbons (Fsp3) is 0.130. The number of hydrogen-bond donors (Lipinski definition) is 2. The average molecular weight is 399 g/mol. The fourth-order valence-electron chi connectivity index (χ4n) is 2.99. The molecule has 4 rings (SSSR count). The molecule has 0 fully saturated rings. The number of carbonyl (C=O) groups excluding carboxylic acids is 2. The standard InChI is InChI=1S/C23H21N5O2/c1-23(2,22(30)26-17-9-4-3-5-10-17)28-15-18(14-24-28)25-21(29)20-13-12-16-8-6-7-11-19(16)27-20/h3-15H,1-2H3,(H,25,29)(H,26,30). The van der Waals surface area contributed by atoms with Crippen molar-refractivity contribution in [2.75, 3.05) is 10.6 Å². The molecule has 0 bridgehead atoms. The van der Waals surface area contributed by atoms with E-state index in [4.69, 9.17) is 0 Å². The maximum Gasteiger partial charge on any atom is 0.274 e. The van der Waals surface area contributed by atoms with Crippen molar-refractivity contribution in [2.24, 2.45) is 0 Å². The highest BCUT2D eigenvalue weighted by atomic mass is 16.2. The molecule has 2 amide bonds. The summed E-state index contributed by atoms with van der Waals surface area (Å²) in [5.41, 5.74) is 1.29. The minimum Gasteiger partial charge on any atom is -0.324 e. The normalized spacial score (nSPS) is 11.3. The quantitative estimate of drug-likeness (QED) is 0.530.